The Hall–Kier alpha value is -0.530. The molecule has 0 amide bonds. The molecule has 74 valence electrons. The smallest absolute Gasteiger partial charge is 0.0230 e. The molecule has 0 saturated carbocycles. The quantitative estimate of drug-likeness (QED) is 0.724. The second kappa shape index (κ2) is 6.01. The summed E-state index contributed by atoms with van der Waals surface area (Å²) in [5.41, 5.74) is 2.75. The van der Waals surface area contributed by atoms with Crippen molar-refractivity contribution in [2.75, 3.05) is 13.6 Å². The maximum Gasteiger partial charge on any atom is 0.0230 e. The molecule has 2 heteroatoms. The maximum absolute atomic E-state index is 2.30. The average Bonchev–Trinajstić information content (AvgIpc) is 2.04. The van der Waals surface area contributed by atoms with Gasteiger partial charge in [-0.05, 0) is 26.1 Å². The number of aryl methyl sites for hydroxylation is 1. The Morgan fingerprint density at radius 2 is 2.00 bits per heavy atom. The number of halogens is 1. The second-order valence-corrected chi connectivity index (χ2v) is 3.32. The fourth-order valence-corrected chi connectivity index (χ4v) is 1.23. The highest BCUT2D eigenvalue weighted by Gasteiger charge is 1.96. The van der Waals surface area contributed by atoms with E-state index in [1.165, 1.54) is 11.1 Å². The first-order valence-electron chi connectivity index (χ1n) is 4.46. The van der Waals surface area contributed by atoms with Gasteiger partial charge in [0, 0.05) is 6.54 Å². The van der Waals surface area contributed by atoms with Gasteiger partial charge in [0.05, 0.1) is 0 Å². The molecule has 0 fully saturated rings. The molecule has 0 aromatic heterocycles. The molecule has 0 bridgehead atoms. The lowest BCUT2D eigenvalue weighted by Crippen LogP contribution is -2.16. The first-order chi connectivity index (χ1) is 5.72. The van der Waals surface area contributed by atoms with Gasteiger partial charge in [-0.1, -0.05) is 36.8 Å². The standard InChI is InChI=1S/C11H17N.ClH/c1-4-12(3)9-11-7-5-6-10(2)8-11;/h5-8H,4,9H2,1-3H3;1H. The average molecular weight is 200 g/mol. The molecule has 0 radical (unpaired) electrons. The molecule has 0 aliphatic rings. The van der Waals surface area contributed by atoms with Gasteiger partial charge in [-0.3, -0.25) is 0 Å². The van der Waals surface area contributed by atoms with Gasteiger partial charge in [0.1, 0.15) is 0 Å². The molecule has 1 rings (SSSR count). The van der Waals surface area contributed by atoms with E-state index in [2.05, 4.69) is 50.1 Å². The molecule has 1 aromatic rings. The Bertz CT molecular complexity index is 248. The minimum Gasteiger partial charge on any atom is -0.302 e. The Morgan fingerprint density at radius 3 is 2.54 bits per heavy atom. The van der Waals surface area contributed by atoms with Crippen LogP contribution in [0.15, 0.2) is 24.3 Å². The Balaban J connectivity index is 0.00000144. The van der Waals surface area contributed by atoms with E-state index >= 15 is 0 Å². The van der Waals surface area contributed by atoms with Crippen LogP contribution in [-0.4, -0.2) is 18.5 Å². The molecule has 0 atom stereocenters. The number of nitrogens with zero attached hydrogens (tertiary/aromatic N) is 1. The van der Waals surface area contributed by atoms with Crippen molar-refractivity contribution in [1.82, 2.24) is 4.90 Å². The van der Waals surface area contributed by atoms with E-state index in [0.29, 0.717) is 0 Å². The fraction of sp³-hybridized carbons (Fsp3) is 0.455. The van der Waals surface area contributed by atoms with Crippen LogP contribution in [0.5, 0.6) is 0 Å². The van der Waals surface area contributed by atoms with E-state index in [1.807, 2.05) is 0 Å². The lowest BCUT2D eigenvalue weighted by molar-refractivity contribution is 0.345. The summed E-state index contributed by atoms with van der Waals surface area (Å²) in [4.78, 5) is 2.30. The molecule has 0 spiro atoms. The predicted molar refractivity (Wildman–Crippen MR) is 60.4 cm³/mol. The molecule has 13 heavy (non-hydrogen) atoms. The van der Waals surface area contributed by atoms with Gasteiger partial charge in [-0.15, -0.1) is 12.4 Å². The summed E-state index contributed by atoms with van der Waals surface area (Å²) in [6, 6.07) is 8.68. The molecule has 0 aliphatic heterocycles. The Morgan fingerprint density at radius 1 is 1.31 bits per heavy atom. The van der Waals surface area contributed by atoms with Crippen molar-refractivity contribution in [2.24, 2.45) is 0 Å². The molecular weight excluding hydrogens is 182 g/mol. The third-order valence-corrected chi connectivity index (χ3v) is 2.07. The van der Waals surface area contributed by atoms with Crippen molar-refractivity contribution in [2.45, 2.75) is 20.4 Å². The molecule has 0 aliphatic carbocycles. The van der Waals surface area contributed by atoms with Crippen LogP contribution in [0.4, 0.5) is 0 Å². The summed E-state index contributed by atoms with van der Waals surface area (Å²) in [5.74, 6) is 0. The third-order valence-electron chi connectivity index (χ3n) is 2.07. The lowest BCUT2D eigenvalue weighted by Gasteiger charge is -2.13. The van der Waals surface area contributed by atoms with Crippen LogP contribution in [0, 0.1) is 6.92 Å². The maximum atomic E-state index is 2.30. The highest BCUT2D eigenvalue weighted by Crippen LogP contribution is 2.05. The SMILES string of the molecule is CCN(C)Cc1cccc(C)c1.Cl. The highest BCUT2D eigenvalue weighted by molar-refractivity contribution is 5.85. The van der Waals surface area contributed by atoms with Gasteiger partial charge in [-0.2, -0.15) is 0 Å². The number of rotatable bonds is 3. The van der Waals surface area contributed by atoms with Crippen LogP contribution < -0.4 is 0 Å². The first-order valence-corrected chi connectivity index (χ1v) is 4.46. The van der Waals surface area contributed by atoms with Crippen LogP contribution in [0.25, 0.3) is 0 Å². The molecule has 0 heterocycles. The van der Waals surface area contributed by atoms with Crippen LogP contribution in [0.1, 0.15) is 18.1 Å². The monoisotopic (exact) mass is 199 g/mol. The Kier molecular flexibility index (Phi) is 5.76. The molecule has 0 unspecified atom stereocenters. The minimum absolute atomic E-state index is 0. The van der Waals surface area contributed by atoms with Crippen molar-refractivity contribution >= 4 is 12.4 Å². The lowest BCUT2D eigenvalue weighted by atomic mass is 10.1. The van der Waals surface area contributed by atoms with Crippen LogP contribution in [0.2, 0.25) is 0 Å². The predicted octanol–water partition coefficient (Wildman–Crippen LogP) is 2.87. The van der Waals surface area contributed by atoms with E-state index in [1.54, 1.807) is 0 Å². The largest absolute Gasteiger partial charge is 0.302 e. The van der Waals surface area contributed by atoms with Gasteiger partial charge in [0.15, 0.2) is 0 Å². The van der Waals surface area contributed by atoms with Crippen molar-refractivity contribution in [3.8, 4) is 0 Å². The van der Waals surface area contributed by atoms with Crippen LogP contribution in [0.3, 0.4) is 0 Å². The van der Waals surface area contributed by atoms with E-state index in [-0.39, 0.29) is 12.4 Å². The summed E-state index contributed by atoms with van der Waals surface area (Å²) in [6.07, 6.45) is 0. The topological polar surface area (TPSA) is 3.24 Å². The fourth-order valence-electron chi connectivity index (χ4n) is 1.23. The van der Waals surface area contributed by atoms with Gasteiger partial charge in [-0.25, -0.2) is 0 Å². The molecule has 0 N–H and O–H groups in total. The molecule has 1 nitrogen and oxygen atoms in total. The van der Waals surface area contributed by atoms with Gasteiger partial charge >= 0.3 is 0 Å². The third kappa shape index (κ3) is 4.30. The van der Waals surface area contributed by atoms with Crippen LogP contribution >= 0.6 is 12.4 Å². The van der Waals surface area contributed by atoms with Crippen molar-refractivity contribution in [3.05, 3.63) is 35.4 Å². The van der Waals surface area contributed by atoms with E-state index in [0.717, 1.165) is 13.1 Å². The summed E-state index contributed by atoms with van der Waals surface area (Å²) < 4.78 is 0. The first kappa shape index (κ1) is 12.5. The zero-order valence-electron chi connectivity index (χ0n) is 8.58. The molecule has 1 aromatic carbocycles. The normalized spacial score (nSPS) is 9.85. The van der Waals surface area contributed by atoms with Gasteiger partial charge in [0.25, 0.3) is 0 Å². The molecule has 0 saturated heterocycles. The Labute approximate surface area is 87.2 Å². The highest BCUT2D eigenvalue weighted by atomic mass is 35.5. The van der Waals surface area contributed by atoms with E-state index in [4.69, 9.17) is 0 Å². The molecular formula is C11H18ClN. The van der Waals surface area contributed by atoms with Crippen molar-refractivity contribution in [3.63, 3.8) is 0 Å². The number of benzene rings is 1. The summed E-state index contributed by atoms with van der Waals surface area (Å²) in [6.45, 7) is 6.47. The van der Waals surface area contributed by atoms with Crippen molar-refractivity contribution in [1.29, 1.82) is 0 Å². The van der Waals surface area contributed by atoms with E-state index in [9.17, 15) is 0 Å². The second-order valence-electron chi connectivity index (χ2n) is 3.32. The van der Waals surface area contributed by atoms with Crippen molar-refractivity contribution < 1.29 is 0 Å². The van der Waals surface area contributed by atoms with Gasteiger partial charge < -0.3 is 4.90 Å². The van der Waals surface area contributed by atoms with Gasteiger partial charge in [0.2, 0.25) is 0 Å². The van der Waals surface area contributed by atoms with Crippen LogP contribution in [-0.2, 0) is 6.54 Å². The zero-order valence-corrected chi connectivity index (χ0v) is 9.40. The summed E-state index contributed by atoms with van der Waals surface area (Å²) >= 11 is 0. The minimum atomic E-state index is 0. The number of hydrogen-bond donors (Lipinski definition) is 0. The zero-order chi connectivity index (χ0) is 8.97. The summed E-state index contributed by atoms with van der Waals surface area (Å²) in [5, 5.41) is 0. The number of hydrogen-bond acceptors (Lipinski definition) is 1. The summed E-state index contributed by atoms with van der Waals surface area (Å²) in [7, 11) is 2.14. The van der Waals surface area contributed by atoms with E-state index < -0.39 is 0 Å².